The quantitative estimate of drug-likeness (QED) is 0.793. The number of aromatic nitrogens is 2. The zero-order chi connectivity index (χ0) is 11.8. The molecule has 16 heavy (non-hydrogen) atoms. The molecule has 1 aromatic heterocycles. The Morgan fingerprint density at radius 1 is 1.12 bits per heavy atom. The summed E-state index contributed by atoms with van der Waals surface area (Å²) in [7, 11) is 0. The highest BCUT2D eigenvalue weighted by Crippen LogP contribution is 2.29. The van der Waals surface area contributed by atoms with Crippen molar-refractivity contribution < 1.29 is 13.2 Å². The van der Waals surface area contributed by atoms with Crippen LogP contribution < -0.4 is 0 Å². The molecule has 0 bridgehead atoms. The van der Waals surface area contributed by atoms with E-state index in [1.165, 1.54) is 0 Å². The highest BCUT2D eigenvalue weighted by atomic mass is 19.4. The first-order chi connectivity index (χ1) is 7.47. The zero-order valence-corrected chi connectivity index (χ0v) is 8.47. The predicted octanol–water partition coefficient (Wildman–Crippen LogP) is 3.40. The summed E-state index contributed by atoms with van der Waals surface area (Å²) in [5.41, 5.74) is 0.857. The molecule has 0 radical (unpaired) electrons. The van der Waals surface area contributed by atoms with Gasteiger partial charge in [-0.15, -0.1) is 0 Å². The van der Waals surface area contributed by atoms with Crippen LogP contribution in [-0.4, -0.2) is 9.97 Å². The van der Waals surface area contributed by atoms with Crippen molar-refractivity contribution in [3.63, 3.8) is 0 Å². The molecule has 2 rings (SSSR count). The maximum Gasteiger partial charge on any atom is 0.432 e. The third-order valence-corrected chi connectivity index (χ3v) is 2.21. The van der Waals surface area contributed by atoms with Gasteiger partial charge in [0.15, 0.2) is 0 Å². The molecule has 0 aliphatic carbocycles. The number of alkyl halides is 3. The van der Waals surface area contributed by atoms with Crippen molar-refractivity contribution in [2.45, 2.75) is 13.1 Å². The van der Waals surface area contributed by atoms with Crippen molar-refractivity contribution in [1.29, 1.82) is 0 Å². The normalized spacial score (nSPS) is 11.8. The molecule has 2 nitrogen and oxygen atoms in total. The Morgan fingerprint density at radius 2 is 1.75 bits per heavy atom. The van der Waals surface area contributed by atoms with Crippen molar-refractivity contribution >= 4 is 0 Å². The lowest BCUT2D eigenvalue weighted by atomic mass is 10.1. The van der Waals surface area contributed by atoms with E-state index in [1.807, 2.05) is 19.1 Å². The summed E-state index contributed by atoms with van der Waals surface area (Å²) in [6.45, 7) is 1.91. The molecule has 0 spiro atoms. The maximum absolute atomic E-state index is 12.3. The van der Waals surface area contributed by atoms with Gasteiger partial charge in [0.05, 0.1) is 6.20 Å². The van der Waals surface area contributed by atoms with Crippen LogP contribution >= 0.6 is 0 Å². The molecule has 0 fully saturated rings. The van der Waals surface area contributed by atoms with E-state index < -0.39 is 11.9 Å². The van der Waals surface area contributed by atoms with Gasteiger partial charge in [-0.1, -0.05) is 29.8 Å². The lowest BCUT2D eigenvalue weighted by molar-refractivity contribution is -0.140. The molecule has 0 saturated heterocycles. The number of hydrogen-bond donors (Lipinski definition) is 1. The van der Waals surface area contributed by atoms with Crippen molar-refractivity contribution in [3.8, 4) is 11.4 Å². The SMILES string of the molecule is Cc1ccc(-c2ncc(C(F)(F)F)[nH]2)cc1. The van der Waals surface area contributed by atoms with E-state index in [0.29, 0.717) is 5.56 Å². The fourth-order valence-electron chi connectivity index (χ4n) is 1.32. The molecular weight excluding hydrogens is 217 g/mol. The monoisotopic (exact) mass is 226 g/mol. The summed E-state index contributed by atoms with van der Waals surface area (Å²) >= 11 is 0. The molecule has 0 amide bonds. The van der Waals surface area contributed by atoms with E-state index in [9.17, 15) is 13.2 Å². The summed E-state index contributed by atoms with van der Waals surface area (Å²) in [6, 6.07) is 7.11. The van der Waals surface area contributed by atoms with Crippen LogP contribution in [-0.2, 0) is 6.18 Å². The fraction of sp³-hybridized carbons (Fsp3) is 0.182. The van der Waals surface area contributed by atoms with Gasteiger partial charge in [-0.2, -0.15) is 13.2 Å². The Labute approximate surface area is 90.1 Å². The van der Waals surface area contributed by atoms with E-state index in [4.69, 9.17) is 0 Å². The van der Waals surface area contributed by atoms with E-state index in [-0.39, 0.29) is 5.82 Å². The van der Waals surface area contributed by atoms with Gasteiger partial charge in [0.2, 0.25) is 0 Å². The Bertz CT molecular complexity index is 483. The Kier molecular flexibility index (Phi) is 2.46. The average Bonchev–Trinajstić information content (AvgIpc) is 2.67. The van der Waals surface area contributed by atoms with Crippen molar-refractivity contribution in [1.82, 2.24) is 9.97 Å². The molecule has 2 aromatic rings. The lowest BCUT2D eigenvalue weighted by Crippen LogP contribution is -2.04. The first-order valence-corrected chi connectivity index (χ1v) is 4.66. The Balaban J connectivity index is 2.35. The first kappa shape index (κ1) is 10.7. The van der Waals surface area contributed by atoms with Gasteiger partial charge in [-0.05, 0) is 6.92 Å². The summed E-state index contributed by atoms with van der Waals surface area (Å²) in [6.07, 6.45) is -3.58. The second-order valence-corrected chi connectivity index (χ2v) is 3.51. The number of halogens is 3. The van der Waals surface area contributed by atoms with E-state index >= 15 is 0 Å². The highest BCUT2D eigenvalue weighted by Gasteiger charge is 2.32. The third-order valence-electron chi connectivity index (χ3n) is 2.21. The number of rotatable bonds is 1. The standard InChI is InChI=1S/C11H9F3N2/c1-7-2-4-8(5-3-7)10-15-6-9(16-10)11(12,13)14/h2-6H,1H3,(H,15,16). The number of imidazole rings is 1. The van der Waals surface area contributed by atoms with Crippen LogP contribution in [0, 0.1) is 6.92 Å². The number of aromatic amines is 1. The van der Waals surface area contributed by atoms with Gasteiger partial charge in [0, 0.05) is 5.56 Å². The van der Waals surface area contributed by atoms with Gasteiger partial charge >= 0.3 is 6.18 Å². The molecule has 1 heterocycles. The van der Waals surface area contributed by atoms with Crippen molar-refractivity contribution in [3.05, 3.63) is 41.7 Å². The van der Waals surface area contributed by atoms with Gasteiger partial charge < -0.3 is 4.98 Å². The molecule has 1 aromatic carbocycles. The van der Waals surface area contributed by atoms with Crippen LogP contribution in [0.2, 0.25) is 0 Å². The zero-order valence-electron chi connectivity index (χ0n) is 8.47. The molecular formula is C11H9F3N2. The second kappa shape index (κ2) is 3.66. The molecule has 1 N–H and O–H groups in total. The summed E-state index contributed by atoms with van der Waals surface area (Å²) in [5.74, 6) is 0.229. The van der Waals surface area contributed by atoms with E-state index in [2.05, 4.69) is 9.97 Å². The van der Waals surface area contributed by atoms with Gasteiger partial charge in [-0.25, -0.2) is 4.98 Å². The maximum atomic E-state index is 12.3. The number of nitrogens with one attached hydrogen (secondary N) is 1. The van der Waals surface area contributed by atoms with Crippen LogP contribution in [0.5, 0.6) is 0 Å². The minimum absolute atomic E-state index is 0.229. The average molecular weight is 226 g/mol. The number of H-pyrrole nitrogens is 1. The predicted molar refractivity (Wildman–Crippen MR) is 53.8 cm³/mol. The molecule has 0 unspecified atom stereocenters. The molecule has 84 valence electrons. The Hall–Kier alpha value is -1.78. The van der Waals surface area contributed by atoms with Crippen LogP contribution in [0.3, 0.4) is 0 Å². The van der Waals surface area contributed by atoms with Crippen molar-refractivity contribution in [2.24, 2.45) is 0 Å². The van der Waals surface area contributed by atoms with Crippen LogP contribution in [0.1, 0.15) is 11.3 Å². The number of benzene rings is 1. The highest BCUT2D eigenvalue weighted by molar-refractivity contribution is 5.55. The van der Waals surface area contributed by atoms with Crippen LogP contribution in [0.25, 0.3) is 11.4 Å². The first-order valence-electron chi connectivity index (χ1n) is 4.66. The molecule has 0 atom stereocenters. The lowest BCUT2D eigenvalue weighted by Gasteiger charge is -2.01. The minimum atomic E-state index is -4.38. The molecule has 0 aliphatic heterocycles. The molecule has 0 saturated carbocycles. The molecule has 5 heteroatoms. The fourth-order valence-corrected chi connectivity index (χ4v) is 1.32. The van der Waals surface area contributed by atoms with Gasteiger partial charge in [0.1, 0.15) is 11.5 Å². The number of hydrogen-bond acceptors (Lipinski definition) is 1. The van der Waals surface area contributed by atoms with Crippen molar-refractivity contribution in [2.75, 3.05) is 0 Å². The Morgan fingerprint density at radius 3 is 2.25 bits per heavy atom. The summed E-state index contributed by atoms with van der Waals surface area (Å²) < 4.78 is 36.9. The number of aryl methyl sites for hydroxylation is 1. The summed E-state index contributed by atoms with van der Waals surface area (Å²) in [4.78, 5) is 5.96. The largest absolute Gasteiger partial charge is 0.432 e. The van der Waals surface area contributed by atoms with Crippen LogP contribution in [0.4, 0.5) is 13.2 Å². The smallest absolute Gasteiger partial charge is 0.334 e. The molecule has 0 aliphatic rings. The van der Waals surface area contributed by atoms with Gasteiger partial charge in [0.25, 0.3) is 0 Å². The number of nitrogens with zero attached hydrogens (tertiary/aromatic N) is 1. The minimum Gasteiger partial charge on any atom is -0.334 e. The topological polar surface area (TPSA) is 28.7 Å². The van der Waals surface area contributed by atoms with Crippen LogP contribution in [0.15, 0.2) is 30.5 Å². The second-order valence-electron chi connectivity index (χ2n) is 3.51. The van der Waals surface area contributed by atoms with E-state index in [1.54, 1.807) is 12.1 Å². The third kappa shape index (κ3) is 2.08. The van der Waals surface area contributed by atoms with E-state index in [0.717, 1.165) is 11.8 Å². The summed E-state index contributed by atoms with van der Waals surface area (Å²) in [5, 5.41) is 0. The van der Waals surface area contributed by atoms with Gasteiger partial charge in [-0.3, -0.25) is 0 Å².